The summed E-state index contributed by atoms with van der Waals surface area (Å²) in [6, 6.07) is -0.100. The minimum absolute atomic E-state index is 0.100. The van der Waals surface area contributed by atoms with Crippen molar-refractivity contribution < 1.29 is 4.42 Å². The molecule has 0 radical (unpaired) electrons. The molecule has 0 aliphatic carbocycles. The molecule has 0 aromatic carbocycles. The van der Waals surface area contributed by atoms with Crippen LogP contribution in [0.2, 0.25) is 0 Å². The number of aryl methyl sites for hydroxylation is 3. The molecule has 0 aliphatic rings. The molecule has 1 unspecified atom stereocenters. The van der Waals surface area contributed by atoms with Gasteiger partial charge in [-0.05, 0) is 33.3 Å². The van der Waals surface area contributed by atoms with Crippen LogP contribution in [0.15, 0.2) is 10.7 Å². The first kappa shape index (κ1) is 12.8. The zero-order chi connectivity index (χ0) is 13.3. The molecule has 0 amide bonds. The van der Waals surface area contributed by atoms with Crippen molar-refractivity contribution in [3.05, 3.63) is 34.8 Å². The van der Waals surface area contributed by atoms with E-state index in [2.05, 4.69) is 10.1 Å². The molecule has 2 rings (SSSR count). The largest absolute Gasteiger partial charge is 0.466 e. The molecule has 5 heteroatoms. The van der Waals surface area contributed by atoms with Crippen molar-refractivity contribution in [1.29, 1.82) is 0 Å². The molecule has 2 aromatic rings. The first-order valence-corrected chi connectivity index (χ1v) is 6.23. The van der Waals surface area contributed by atoms with E-state index in [0.29, 0.717) is 6.42 Å². The van der Waals surface area contributed by atoms with E-state index in [1.165, 1.54) is 0 Å². The molecular formula is C13H20N4O. The average molecular weight is 248 g/mol. The summed E-state index contributed by atoms with van der Waals surface area (Å²) in [5.41, 5.74) is 8.52. The zero-order valence-electron chi connectivity index (χ0n) is 11.4. The minimum Gasteiger partial charge on any atom is -0.466 e. The lowest BCUT2D eigenvalue weighted by Crippen LogP contribution is -2.18. The predicted molar refractivity (Wildman–Crippen MR) is 69.2 cm³/mol. The van der Waals surface area contributed by atoms with Gasteiger partial charge in [0.05, 0.1) is 0 Å². The molecule has 2 aromatic heterocycles. The van der Waals surface area contributed by atoms with Crippen LogP contribution < -0.4 is 5.73 Å². The normalized spacial score (nSPS) is 12.9. The summed E-state index contributed by atoms with van der Waals surface area (Å²) in [6.45, 7) is 8.82. The highest BCUT2D eigenvalue weighted by Gasteiger charge is 2.19. The summed E-state index contributed by atoms with van der Waals surface area (Å²) in [6.07, 6.45) is 2.25. The highest BCUT2D eigenvalue weighted by atomic mass is 16.3. The van der Waals surface area contributed by atoms with Gasteiger partial charge in [0.2, 0.25) is 0 Å². The van der Waals surface area contributed by atoms with Crippen molar-refractivity contribution in [3.8, 4) is 0 Å². The molecule has 18 heavy (non-hydrogen) atoms. The van der Waals surface area contributed by atoms with Crippen molar-refractivity contribution in [3.63, 3.8) is 0 Å². The fraction of sp³-hybridized carbons (Fsp3) is 0.538. The standard InChI is InChI=1S/C13H20N4O/c1-5-17-12(15-7-16-17)6-11(14)13-8(2)9(3)18-10(13)4/h7,11H,5-6,14H2,1-4H3. The fourth-order valence-corrected chi connectivity index (χ4v) is 2.36. The molecular weight excluding hydrogens is 228 g/mol. The van der Waals surface area contributed by atoms with E-state index in [1.54, 1.807) is 6.33 Å². The van der Waals surface area contributed by atoms with Crippen molar-refractivity contribution in [1.82, 2.24) is 14.8 Å². The Labute approximate surface area is 107 Å². The Morgan fingerprint density at radius 1 is 1.33 bits per heavy atom. The van der Waals surface area contributed by atoms with Gasteiger partial charge in [-0.3, -0.25) is 4.68 Å². The quantitative estimate of drug-likeness (QED) is 0.899. The number of aromatic nitrogens is 3. The predicted octanol–water partition coefficient (Wildman–Crippen LogP) is 2.06. The topological polar surface area (TPSA) is 69.9 Å². The Morgan fingerprint density at radius 2 is 2.06 bits per heavy atom. The van der Waals surface area contributed by atoms with Gasteiger partial charge in [0.25, 0.3) is 0 Å². The van der Waals surface area contributed by atoms with Crippen molar-refractivity contribution in [2.24, 2.45) is 5.73 Å². The Morgan fingerprint density at radius 3 is 2.61 bits per heavy atom. The maximum absolute atomic E-state index is 6.28. The van der Waals surface area contributed by atoms with E-state index in [-0.39, 0.29) is 6.04 Å². The number of furan rings is 1. The van der Waals surface area contributed by atoms with E-state index in [0.717, 1.165) is 35.0 Å². The lowest BCUT2D eigenvalue weighted by molar-refractivity contribution is 0.494. The summed E-state index contributed by atoms with van der Waals surface area (Å²) in [5.74, 6) is 2.76. The molecule has 2 heterocycles. The number of nitrogens with zero attached hydrogens (tertiary/aromatic N) is 3. The van der Waals surface area contributed by atoms with Crippen LogP contribution in [-0.4, -0.2) is 14.8 Å². The Kier molecular flexibility index (Phi) is 3.52. The molecule has 0 saturated carbocycles. The number of nitrogens with two attached hydrogens (primary N) is 1. The van der Waals surface area contributed by atoms with E-state index in [9.17, 15) is 0 Å². The smallest absolute Gasteiger partial charge is 0.138 e. The van der Waals surface area contributed by atoms with Gasteiger partial charge in [-0.15, -0.1) is 0 Å². The van der Waals surface area contributed by atoms with Crippen molar-refractivity contribution >= 4 is 0 Å². The van der Waals surface area contributed by atoms with Gasteiger partial charge in [0.1, 0.15) is 23.7 Å². The lowest BCUT2D eigenvalue weighted by atomic mass is 10.00. The maximum Gasteiger partial charge on any atom is 0.138 e. The molecule has 2 N–H and O–H groups in total. The second-order valence-corrected chi connectivity index (χ2v) is 4.56. The summed E-state index contributed by atoms with van der Waals surface area (Å²) in [4.78, 5) is 4.26. The molecule has 98 valence electrons. The summed E-state index contributed by atoms with van der Waals surface area (Å²) in [7, 11) is 0. The second kappa shape index (κ2) is 4.94. The van der Waals surface area contributed by atoms with Gasteiger partial charge >= 0.3 is 0 Å². The van der Waals surface area contributed by atoms with Crippen LogP contribution in [0.4, 0.5) is 0 Å². The zero-order valence-corrected chi connectivity index (χ0v) is 11.4. The van der Waals surface area contributed by atoms with Crippen LogP contribution in [0.3, 0.4) is 0 Å². The van der Waals surface area contributed by atoms with Crippen LogP contribution in [-0.2, 0) is 13.0 Å². The lowest BCUT2D eigenvalue weighted by Gasteiger charge is -2.12. The summed E-state index contributed by atoms with van der Waals surface area (Å²) in [5, 5.41) is 4.16. The average Bonchev–Trinajstić information content (AvgIpc) is 2.85. The SMILES string of the molecule is CCn1ncnc1CC(N)c1c(C)oc(C)c1C. The van der Waals surface area contributed by atoms with Crippen molar-refractivity contribution in [2.75, 3.05) is 0 Å². The molecule has 0 aliphatic heterocycles. The third-order valence-electron chi connectivity index (χ3n) is 3.39. The van der Waals surface area contributed by atoms with Crippen LogP contribution in [0.25, 0.3) is 0 Å². The Balaban J connectivity index is 2.24. The molecule has 0 bridgehead atoms. The highest BCUT2D eigenvalue weighted by molar-refractivity contribution is 5.34. The van der Waals surface area contributed by atoms with Crippen LogP contribution in [0, 0.1) is 20.8 Å². The summed E-state index contributed by atoms with van der Waals surface area (Å²) >= 11 is 0. The van der Waals surface area contributed by atoms with Gasteiger partial charge in [0, 0.05) is 24.6 Å². The van der Waals surface area contributed by atoms with Crippen LogP contribution >= 0.6 is 0 Å². The van der Waals surface area contributed by atoms with Gasteiger partial charge < -0.3 is 10.2 Å². The van der Waals surface area contributed by atoms with Gasteiger partial charge in [-0.1, -0.05) is 0 Å². The Hall–Kier alpha value is -1.62. The van der Waals surface area contributed by atoms with Gasteiger partial charge in [-0.2, -0.15) is 5.10 Å². The third kappa shape index (κ3) is 2.18. The number of rotatable bonds is 4. The second-order valence-electron chi connectivity index (χ2n) is 4.56. The van der Waals surface area contributed by atoms with Crippen LogP contribution in [0.1, 0.15) is 41.4 Å². The van der Waals surface area contributed by atoms with E-state index in [1.807, 2.05) is 32.4 Å². The summed E-state index contributed by atoms with van der Waals surface area (Å²) < 4.78 is 7.49. The van der Waals surface area contributed by atoms with E-state index < -0.39 is 0 Å². The van der Waals surface area contributed by atoms with Crippen molar-refractivity contribution in [2.45, 2.75) is 46.7 Å². The first-order chi connectivity index (χ1) is 8.54. The Bertz CT molecular complexity index is 541. The molecule has 5 nitrogen and oxygen atoms in total. The number of hydrogen-bond donors (Lipinski definition) is 1. The number of hydrogen-bond acceptors (Lipinski definition) is 4. The maximum atomic E-state index is 6.28. The first-order valence-electron chi connectivity index (χ1n) is 6.23. The third-order valence-corrected chi connectivity index (χ3v) is 3.39. The molecule has 0 saturated heterocycles. The minimum atomic E-state index is -0.100. The van der Waals surface area contributed by atoms with Gasteiger partial charge in [-0.25, -0.2) is 4.98 Å². The fourth-order valence-electron chi connectivity index (χ4n) is 2.36. The van der Waals surface area contributed by atoms with Gasteiger partial charge in [0.15, 0.2) is 0 Å². The van der Waals surface area contributed by atoms with E-state index in [4.69, 9.17) is 10.2 Å². The molecule has 1 atom stereocenters. The van der Waals surface area contributed by atoms with Crippen LogP contribution in [0.5, 0.6) is 0 Å². The van der Waals surface area contributed by atoms with E-state index >= 15 is 0 Å². The monoisotopic (exact) mass is 248 g/mol. The molecule has 0 spiro atoms. The molecule has 0 fully saturated rings. The highest BCUT2D eigenvalue weighted by Crippen LogP contribution is 2.27.